The molecule has 16 heavy (non-hydrogen) atoms. The molecule has 0 aliphatic rings. The van der Waals surface area contributed by atoms with E-state index < -0.39 is 0 Å². The predicted octanol–water partition coefficient (Wildman–Crippen LogP) is 1.73. The van der Waals surface area contributed by atoms with Gasteiger partial charge >= 0.3 is 0 Å². The standard InChI is InChI=1S/C9H11N3S4/c13-8(14)11-5-7(12-9(15)16)6-1-3-10-4-2-6/h1-4,7H,5H2,(H2,11,13,14)(H2,12,15,16). The Morgan fingerprint density at radius 2 is 1.88 bits per heavy atom. The van der Waals surface area contributed by atoms with E-state index in [1.54, 1.807) is 12.4 Å². The van der Waals surface area contributed by atoms with Crippen molar-refractivity contribution in [3.63, 3.8) is 0 Å². The molecule has 1 rings (SSSR count). The van der Waals surface area contributed by atoms with Gasteiger partial charge in [0.05, 0.1) is 6.04 Å². The lowest BCUT2D eigenvalue weighted by atomic mass is 10.1. The molecule has 0 fully saturated rings. The number of thiol groups is 2. The number of thiocarbonyl (C=S) groups is 2. The molecule has 7 heteroatoms. The lowest BCUT2D eigenvalue weighted by Gasteiger charge is -2.19. The second-order valence-electron chi connectivity index (χ2n) is 2.97. The maximum absolute atomic E-state index is 4.91. The molecule has 2 N–H and O–H groups in total. The Bertz CT molecular complexity index is 368. The van der Waals surface area contributed by atoms with E-state index in [0.29, 0.717) is 15.2 Å². The molecule has 1 aromatic heterocycles. The molecule has 1 unspecified atom stereocenters. The van der Waals surface area contributed by atoms with Crippen molar-refractivity contribution in [3.8, 4) is 0 Å². The molecule has 0 amide bonds. The molecule has 1 heterocycles. The van der Waals surface area contributed by atoms with Crippen LogP contribution in [0.25, 0.3) is 0 Å². The van der Waals surface area contributed by atoms with Crippen LogP contribution in [0.1, 0.15) is 11.6 Å². The number of pyridine rings is 1. The number of hydrogen-bond donors (Lipinski definition) is 4. The Balaban J connectivity index is 2.71. The van der Waals surface area contributed by atoms with Gasteiger partial charge in [0.1, 0.15) is 8.64 Å². The van der Waals surface area contributed by atoms with Gasteiger partial charge in [0, 0.05) is 18.9 Å². The van der Waals surface area contributed by atoms with Crippen molar-refractivity contribution >= 4 is 58.3 Å². The minimum Gasteiger partial charge on any atom is -0.369 e. The maximum Gasteiger partial charge on any atom is 0.131 e. The number of nitrogens with one attached hydrogen (secondary N) is 2. The Morgan fingerprint density at radius 3 is 2.38 bits per heavy atom. The molecule has 0 saturated carbocycles. The summed E-state index contributed by atoms with van der Waals surface area (Å²) < 4.78 is 0.889. The highest BCUT2D eigenvalue weighted by Crippen LogP contribution is 2.11. The second-order valence-corrected chi connectivity index (χ2v) is 5.28. The van der Waals surface area contributed by atoms with Crippen LogP contribution in [-0.4, -0.2) is 20.2 Å². The quantitative estimate of drug-likeness (QED) is 0.502. The van der Waals surface area contributed by atoms with Gasteiger partial charge < -0.3 is 10.6 Å². The zero-order chi connectivity index (χ0) is 12.0. The first-order valence-corrected chi connectivity index (χ1v) is 6.17. The van der Waals surface area contributed by atoms with Crippen LogP contribution in [0, 0.1) is 0 Å². The second kappa shape index (κ2) is 7.05. The summed E-state index contributed by atoms with van der Waals surface area (Å²) in [4.78, 5) is 3.96. The highest BCUT2D eigenvalue weighted by molar-refractivity contribution is 8.11. The van der Waals surface area contributed by atoms with Crippen molar-refractivity contribution in [1.82, 2.24) is 15.6 Å². The molecule has 0 aliphatic heterocycles. The van der Waals surface area contributed by atoms with Crippen molar-refractivity contribution in [1.29, 1.82) is 0 Å². The fourth-order valence-electron chi connectivity index (χ4n) is 1.19. The van der Waals surface area contributed by atoms with Gasteiger partial charge in [-0.25, -0.2) is 0 Å². The number of aromatic nitrogens is 1. The van der Waals surface area contributed by atoms with Gasteiger partial charge in [0.25, 0.3) is 0 Å². The van der Waals surface area contributed by atoms with Crippen molar-refractivity contribution in [2.24, 2.45) is 0 Å². The monoisotopic (exact) mass is 289 g/mol. The van der Waals surface area contributed by atoms with E-state index in [0.717, 1.165) is 5.56 Å². The molecular weight excluding hydrogens is 278 g/mol. The summed E-state index contributed by atoms with van der Waals surface area (Å²) in [7, 11) is 0. The third kappa shape index (κ3) is 5.11. The normalized spacial score (nSPS) is 11.6. The van der Waals surface area contributed by atoms with Crippen LogP contribution < -0.4 is 10.6 Å². The fraction of sp³-hybridized carbons (Fsp3) is 0.222. The van der Waals surface area contributed by atoms with Crippen molar-refractivity contribution in [2.45, 2.75) is 6.04 Å². The van der Waals surface area contributed by atoms with E-state index >= 15 is 0 Å². The van der Waals surface area contributed by atoms with Crippen LogP contribution >= 0.6 is 49.7 Å². The molecule has 3 nitrogen and oxygen atoms in total. The zero-order valence-electron chi connectivity index (χ0n) is 8.25. The average molecular weight is 289 g/mol. The smallest absolute Gasteiger partial charge is 0.131 e. The Kier molecular flexibility index (Phi) is 6.04. The van der Waals surface area contributed by atoms with Crippen molar-refractivity contribution in [3.05, 3.63) is 30.1 Å². The third-order valence-corrected chi connectivity index (χ3v) is 2.41. The van der Waals surface area contributed by atoms with Gasteiger partial charge in [0.2, 0.25) is 0 Å². The van der Waals surface area contributed by atoms with E-state index in [9.17, 15) is 0 Å². The summed E-state index contributed by atoms with van der Waals surface area (Å²) in [5.74, 6) is 0. The first-order valence-electron chi connectivity index (χ1n) is 4.46. The minimum atomic E-state index is -0.00176. The summed E-state index contributed by atoms with van der Waals surface area (Å²) >= 11 is 17.8. The number of hydrogen-bond acceptors (Lipinski definition) is 3. The highest BCUT2D eigenvalue weighted by atomic mass is 32.1. The Hall–Kier alpha value is -0.370. The van der Waals surface area contributed by atoms with Crippen LogP contribution in [0.5, 0.6) is 0 Å². The van der Waals surface area contributed by atoms with Crippen LogP contribution in [0.2, 0.25) is 0 Å². The van der Waals surface area contributed by atoms with Crippen molar-refractivity contribution in [2.75, 3.05) is 6.54 Å². The van der Waals surface area contributed by atoms with E-state index in [4.69, 9.17) is 24.4 Å². The fourth-order valence-corrected chi connectivity index (χ4v) is 1.66. The molecule has 0 saturated heterocycles. The van der Waals surface area contributed by atoms with Crippen molar-refractivity contribution < 1.29 is 0 Å². The molecule has 1 atom stereocenters. The molecule has 1 aromatic rings. The molecule has 0 aromatic carbocycles. The summed E-state index contributed by atoms with van der Waals surface area (Å²) in [5.41, 5.74) is 1.06. The van der Waals surface area contributed by atoms with Crippen LogP contribution in [0.15, 0.2) is 24.5 Å². The first-order chi connectivity index (χ1) is 7.59. The summed E-state index contributed by atoms with van der Waals surface area (Å²) in [6.45, 7) is 0.590. The summed E-state index contributed by atoms with van der Waals surface area (Å²) in [6.07, 6.45) is 3.45. The van der Waals surface area contributed by atoms with Gasteiger partial charge in [-0.05, 0) is 17.7 Å². The van der Waals surface area contributed by atoms with Gasteiger partial charge in [-0.3, -0.25) is 4.98 Å². The maximum atomic E-state index is 4.91. The molecular formula is C9H11N3S4. The first kappa shape index (κ1) is 13.7. The van der Waals surface area contributed by atoms with Crippen LogP contribution in [0.4, 0.5) is 0 Å². The van der Waals surface area contributed by atoms with Crippen LogP contribution in [-0.2, 0) is 0 Å². The van der Waals surface area contributed by atoms with E-state index in [1.165, 1.54) is 0 Å². The Morgan fingerprint density at radius 1 is 1.25 bits per heavy atom. The lowest BCUT2D eigenvalue weighted by Crippen LogP contribution is -2.33. The SMILES string of the molecule is S=C(S)NCC(NC(=S)S)c1ccncc1. The van der Waals surface area contributed by atoms with Gasteiger partial charge in [0.15, 0.2) is 0 Å². The molecule has 0 bridgehead atoms. The van der Waals surface area contributed by atoms with E-state index in [2.05, 4.69) is 40.9 Å². The lowest BCUT2D eigenvalue weighted by molar-refractivity contribution is 0.636. The molecule has 0 radical (unpaired) electrons. The third-order valence-electron chi connectivity index (χ3n) is 1.86. The average Bonchev–Trinajstić information content (AvgIpc) is 2.25. The molecule has 86 valence electrons. The summed E-state index contributed by atoms with van der Waals surface area (Å²) in [6, 6.07) is 3.82. The van der Waals surface area contributed by atoms with E-state index in [-0.39, 0.29) is 6.04 Å². The highest BCUT2D eigenvalue weighted by Gasteiger charge is 2.11. The molecule has 0 spiro atoms. The van der Waals surface area contributed by atoms with Gasteiger partial charge in [-0.15, -0.1) is 25.3 Å². The summed E-state index contributed by atoms with van der Waals surface area (Å²) in [5, 5.41) is 6.03. The molecule has 0 aliphatic carbocycles. The number of rotatable bonds is 4. The largest absolute Gasteiger partial charge is 0.369 e. The Labute approximate surface area is 116 Å². The van der Waals surface area contributed by atoms with Gasteiger partial charge in [-0.1, -0.05) is 24.4 Å². The van der Waals surface area contributed by atoms with Crippen LogP contribution in [0.3, 0.4) is 0 Å². The zero-order valence-corrected chi connectivity index (χ0v) is 11.7. The number of nitrogens with zero attached hydrogens (tertiary/aromatic N) is 1. The van der Waals surface area contributed by atoms with Gasteiger partial charge in [-0.2, -0.15) is 0 Å². The van der Waals surface area contributed by atoms with E-state index in [1.807, 2.05) is 12.1 Å². The minimum absolute atomic E-state index is 0.00176. The predicted molar refractivity (Wildman–Crippen MR) is 81.3 cm³/mol. The topological polar surface area (TPSA) is 37.0 Å².